The molecular formula is C16H17N3O2. The maximum Gasteiger partial charge on any atom is 0.269 e. The lowest BCUT2D eigenvalue weighted by Crippen LogP contribution is -2.08. The fourth-order valence-electron chi connectivity index (χ4n) is 1.90. The number of anilines is 1. The highest BCUT2D eigenvalue weighted by Gasteiger charge is 2.06. The third kappa shape index (κ3) is 3.66. The third-order valence-corrected chi connectivity index (χ3v) is 3.15. The molecule has 0 bridgehead atoms. The number of nitro benzene ring substituents is 1. The lowest BCUT2D eigenvalue weighted by atomic mass is 10.2. The number of nitro groups is 1. The highest BCUT2D eigenvalue weighted by molar-refractivity contribution is 5.83. The first-order valence-corrected chi connectivity index (χ1v) is 6.54. The fraction of sp³-hybridized carbons (Fsp3) is 0.188. The van der Waals surface area contributed by atoms with Crippen LogP contribution in [0.15, 0.2) is 47.5 Å². The molecule has 0 fully saturated rings. The van der Waals surface area contributed by atoms with Crippen LogP contribution in [0.1, 0.15) is 11.1 Å². The summed E-state index contributed by atoms with van der Waals surface area (Å²) in [4.78, 5) is 16.7. The van der Waals surface area contributed by atoms with Crippen molar-refractivity contribution in [3.8, 4) is 0 Å². The standard InChI is InChI=1S/C16H17N3O2/c1-12-10-15(19(20)21)8-9-16(12)17-11-13-4-6-14(7-5-13)18(2)3/h4-11H,1-3H3. The predicted molar refractivity (Wildman–Crippen MR) is 85.9 cm³/mol. The van der Waals surface area contributed by atoms with Gasteiger partial charge in [0, 0.05) is 38.1 Å². The van der Waals surface area contributed by atoms with Gasteiger partial charge >= 0.3 is 0 Å². The van der Waals surface area contributed by atoms with Gasteiger partial charge in [0.15, 0.2) is 0 Å². The Morgan fingerprint density at radius 2 is 1.81 bits per heavy atom. The summed E-state index contributed by atoms with van der Waals surface area (Å²) in [5.74, 6) is 0. The van der Waals surface area contributed by atoms with Gasteiger partial charge in [0.1, 0.15) is 0 Å². The van der Waals surface area contributed by atoms with Crippen molar-refractivity contribution in [2.24, 2.45) is 4.99 Å². The molecule has 5 nitrogen and oxygen atoms in total. The fourth-order valence-corrected chi connectivity index (χ4v) is 1.90. The number of hydrogen-bond donors (Lipinski definition) is 0. The zero-order valence-corrected chi connectivity index (χ0v) is 12.3. The Hall–Kier alpha value is -2.69. The van der Waals surface area contributed by atoms with Crippen LogP contribution < -0.4 is 4.90 Å². The average molecular weight is 283 g/mol. The quantitative estimate of drug-likeness (QED) is 0.488. The van der Waals surface area contributed by atoms with E-state index in [1.54, 1.807) is 12.3 Å². The number of aliphatic imine (C=N–C) groups is 1. The van der Waals surface area contributed by atoms with Crippen molar-refractivity contribution in [3.05, 3.63) is 63.7 Å². The zero-order valence-electron chi connectivity index (χ0n) is 12.3. The van der Waals surface area contributed by atoms with Gasteiger partial charge in [-0.3, -0.25) is 15.1 Å². The smallest absolute Gasteiger partial charge is 0.269 e. The first kappa shape index (κ1) is 14.7. The lowest BCUT2D eigenvalue weighted by molar-refractivity contribution is -0.384. The third-order valence-electron chi connectivity index (χ3n) is 3.15. The molecule has 0 saturated carbocycles. The molecule has 0 spiro atoms. The number of hydrogen-bond acceptors (Lipinski definition) is 4. The second kappa shape index (κ2) is 6.17. The van der Waals surface area contributed by atoms with E-state index in [9.17, 15) is 10.1 Å². The van der Waals surface area contributed by atoms with E-state index in [4.69, 9.17) is 0 Å². The highest BCUT2D eigenvalue weighted by Crippen LogP contribution is 2.23. The average Bonchev–Trinajstić information content (AvgIpc) is 2.46. The van der Waals surface area contributed by atoms with Gasteiger partial charge in [-0.2, -0.15) is 0 Å². The minimum Gasteiger partial charge on any atom is -0.378 e. The van der Waals surface area contributed by atoms with Crippen molar-refractivity contribution in [1.82, 2.24) is 0 Å². The summed E-state index contributed by atoms with van der Waals surface area (Å²) < 4.78 is 0. The van der Waals surface area contributed by atoms with Crippen LogP contribution in [0, 0.1) is 17.0 Å². The number of nitrogens with zero attached hydrogens (tertiary/aromatic N) is 3. The number of aryl methyl sites for hydroxylation is 1. The van der Waals surface area contributed by atoms with Crippen molar-refractivity contribution in [2.75, 3.05) is 19.0 Å². The van der Waals surface area contributed by atoms with Crippen LogP contribution in [-0.4, -0.2) is 25.2 Å². The molecule has 5 heteroatoms. The highest BCUT2D eigenvalue weighted by atomic mass is 16.6. The minimum absolute atomic E-state index is 0.0850. The molecule has 2 aromatic rings. The summed E-state index contributed by atoms with van der Waals surface area (Å²) in [6, 6.07) is 12.7. The molecule has 0 amide bonds. The molecule has 108 valence electrons. The Morgan fingerprint density at radius 1 is 1.14 bits per heavy atom. The van der Waals surface area contributed by atoms with Crippen LogP contribution in [0.4, 0.5) is 17.1 Å². The molecule has 21 heavy (non-hydrogen) atoms. The Labute approximate surface area is 123 Å². The van der Waals surface area contributed by atoms with Crippen LogP contribution in [0.3, 0.4) is 0 Å². The van der Waals surface area contributed by atoms with Gasteiger partial charge in [-0.15, -0.1) is 0 Å². The van der Waals surface area contributed by atoms with Crippen LogP contribution in [0.25, 0.3) is 0 Å². The Kier molecular flexibility index (Phi) is 4.33. The van der Waals surface area contributed by atoms with Crippen molar-refractivity contribution in [2.45, 2.75) is 6.92 Å². The molecular weight excluding hydrogens is 266 g/mol. The maximum atomic E-state index is 10.7. The van der Waals surface area contributed by atoms with Crippen molar-refractivity contribution in [1.29, 1.82) is 0 Å². The number of non-ortho nitro benzene ring substituents is 1. The van der Waals surface area contributed by atoms with E-state index < -0.39 is 4.92 Å². The van der Waals surface area contributed by atoms with E-state index in [0.717, 1.165) is 22.5 Å². The predicted octanol–water partition coefficient (Wildman–Crippen LogP) is 3.72. The number of rotatable bonds is 4. The molecule has 0 unspecified atom stereocenters. The summed E-state index contributed by atoms with van der Waals surface area (Å²) in [5, 5.41) is 10.7. The van der Waals surface area contributed by atoms with Gasteiger partial charge in [0.2, 0.25) is 0 Å². The number of benzene rings is 2. The normalized spacial score (nSPS) is 10.8. The van der Waals surface area contributed by atoms with Gasteiger partial charge in [-0.25, -0.2) is 0 Å². The summed E-state index contributed by atoms with van der Waals surface area (Å²) in [5.41, 5.74) is 3.71. The molecule has 0 radical (unpaired) electrons. The lowest BCUT2D eigenvalue weighted by Gasteiger charge is -2.11. The van der Waals surface area contributed by atoms with Gasteiger partial charge in [0.05, 0.1) is 10.6 Å². The molecule has 2 aromatic carbocycles. The van der Waals surface area contributed by atoms with E-state index in [1.165, 1.54) is 12.1 Å². The first-order valence-electron chi connectivity index (χ1n) is 6.54. The van der Waals surface area contributed by atoms with Crippen LogP contribution in [0.5, 0.6) is 0 Å². The Balaban J connectivity index is 2.19. The SMILES string of the molecule is Cc1cc([N+](=O)[O-])ccc1N=Cc1ccc(N(C)C)cc1. The summed E-state index contributed by atoms with van der Waals surface area (Å²) in [6.07, 6.45) is 1.76. The molecule has 0 aromatic heterocycles. The van der Waals surface area contributed by atoms with Crippen molar-refractivity contribution >= 4 is 23.3 Å². The van der Waals surface area contributed by atoms with Gasteiger partial charge < -0.3 is 4.90 Å². The topological polar surface area (TPSA) is 58.7 Å². The first-order chi connectivity index (χ1) is 9.97. The zero-order chi connectivity index (χ0) is 15.4. The molecule has 0 aliphatic rings. The molecule has 0 heterocycles. The van der Waals surface area contributed by atoms with Crippen molar-refractivity contribution in [3.63, 3.8) is 0 Å². The van der Waals surface area contributed by atoms with E-state index in [0.29, 0.717) is 0 Å². The summed E-state index contributed by atoms with van der Waals surface area (Å²) in [7, 11) is 3.98. The molecule has 0 atom stereocenters. The molecule has 2 rings (SSSR count). The monoisotopic (exact) mass is 283 g/mol. The van der Waals surface area contributed by atoms with E-state index in [2.05, 4.69) is 4.99 Å². The van der Waals surface area contributed by atoms with Gasteiger partial charge in [-0.05, 0) is 36.2 Å². The Bertz CT molecular complexity index is 676. The second-order valence-corrected chi connectivity index (χ2v) is 4.97. The Morgan fingerprint density at radius 3 is 2.33 bits per heavy atom. The van der Waals surface area contributed by atoms with Crippen molar-refractivity contribution < 1.29 is 4.92 Å². The molecule has 0 saturated heterocycles. The van der Waals surface area contributed by atoms with Crippen LogP contribution >= 0.6 is 0 Å². The summed E-state index contributed by atoms with van der Waals surface area (Å²) in [6.45, 7) is 1.81. The molecule has 0 aliphatic heterocycles. The van der Waals surface area contributed by atoms with Crippen LogP contribution in [0.2, 0.25) is 0 Å². The summed E-state index contributed by atoms with van der Waals surface area (Å²) >= 11 is 0. The van der Waals surface area contributed by atoms with E-state index in [1.807, 2.05) is 50.2 Å². The van der Waals surface area contributed by atoms with E-state index >= 15 is 0 Å². The second-order valence-electron chi connectivity index (χ2n) is 4.97. The molecule has 0 aliphatic carbocycles. The maximum absolute atomic E-state index is 10.7. The van der Waals surface area contributed by atoms with Crippen LogP contribution in [-0.2, 0) is 0 Å². The largest absolute Gasteiger partial charge is 0.378 e. The van der Waals surface area contributed by atoms with Gasteiger partial charge in [-0.1, -0.05) is 12.1 Å². The molecule has 0 N–H and O–H groups in total. The minimum atomic E-state index is -0.402. The van der Waals surface area contributed by atoms with E-state index in [-0.39, 0.29) is 5.69 Å². The van der Waals surface area contributed by atoms with Gasteiger partial charge in [0.25, 0.3) is 5.69 Å².